The summed E-state index contributed by atoms with van der Waals surface area (Å²) in [6.45, 7) is 0.668. The molecule has 106 valence electrons. The second-order valence-electron chi connectivity index (χ2n) is 4.30. The Morgan fingerprint density at radius 2 is 1.40 bits per heavy atom. The van der Waals surface area contributed by atoms with Crippen molar-refractivity contribution in [2.45, 2.75) is 13.2 Å². The van der Waals surface area contributed by atoms with E-state index in [4.69, 9.17) is 21.1 Å². The van der Waals surface area contributed by atoms with E-state index in [0.717, 1.165) is 16.1 Å². The SMILES string of the molecule is FCCOc1ccc(COCc2ccc(Cl)cc2)cc1. The van der Waals surface area contributed by atoms with Crippen LogP contribution in [0.5, 0.6) is 5.75 Å². The third kappa shape index (κ3) is 4.83. The van der Waals surface area contributed by atoms with Gasteiger partial charge in [0, 0.05) is 5.02 Å². The lowest BCUT2D eigenvalue weighted by Crippen LogP contribution is -1.99. The fourth-order valence-corrected chi connectivity index (χ4v) is 1.83. The van der Waals surface area contributed by atoms with Gasteiger partial charge in [0.25, 0.3) is 0 Å². The Hall–Kier alpha value is -1.58. The molecule has 4 heteroatoms. The van der Waals surface area contributed by atoms with E-state index in [2.05, 4.69) is 0 Å². The molecule has 0 amide bonds. The van der Waals surface area contributed by atoms with Crippen LogP contribution in [0.3, 0.4) is 0 Å². The van der Waals surface area contributed by atoms with Crippen molar-refractivity contribution in [3.63, 3.8) is 0 Å². The van der Waals surface area contributed by atoms with Crippen LogP contribution in [0.25, 0.3) is 0 Å². The molecule has 0 heterocycles. The molecule has 0 N–H and O–H groups in total. The normalized spacial score (nSPS) is 10.5. The maximum Gasteiger partial charge on any atom is 0.123 e. The lowest BCUT2D eigenvalue weighted by molar-refractivity contribution is 0.107. The van der Waals surface area contributed by atoms with Crippen LogP contribution in [-0.2, 0) is 18.0 Å². The highest BCUT2D eigenvalue weighted by molar-refractivity contribution is 6.30. The molecule has 0 bridgehead atoms. The standard InChI is InChI=1S/C16H16ClFO2/c17-15-5-1-13(2-6-15)11-19-12-14-3-7-16(8-4-14)20-10-9-18/h1-8H,9-12H2. The van der Waals surface area contributed by atoms with Gasteiger partial charge in [-0.15, -0.1) is 0 Å². The summed E-state index contributed by atoms with van der Waals surface area (Å²) in [6.07, 6.45) is 0. The van der Waals surface area contributed by atoms with Gasteiger partial charge in [-0.05, 0) is 35.4 Å². The number of halogens is 2. The largest absolute Gasteiger partial charge is 0.491 e. The van der Waals surface area contributed by atoms with Gasteiger partial charge >= 0.3 is 0 Å². The zero-order valence-corrected chi connectivity index (χ0v) is 11.8. The van der Waals surface area contributed by atoms with Gasteiger partial charge in [0.05, 0.1) is 13.2 Å². The predicted octanol–water partition coefficient (Wildman–Crippen LogP) is 4.41. The van der Waals surface area contributed by atoms with Crippen LogP contribution in [0, 0.1) is 0 Å². The molecule has 0 radical (unpaired) electrons. The minimum Gasteiger partial charge on any atom is -0.491 e. The molecule has 0 unspecified atom stereocenters. The molecule has 0 aliphatic heterocycles. The molecule has 0 aliphatic carbocycles. The monoisotopic (exact) mass is 294 g/mol. The Morgan fingerprint density at radius 1 is 0.850 bits per heavy atom. The Balaban J connectivity index is 1.77. The first-order chi connectivity index (χ1) is 9.78. The smallest absolute Gasteiger partial charge is 0.123 e. The van der Waals surface area contributed by atoms with Crippen LogP contribution in [-0.4, -0.2) is 13.3 Å². The summed E-state index contributed by atoms with van der Waals surface area (Å²) in [4.78, 5) is 0. The van der Waals surface area contributed by atoms with Crippen molar-refractivity contribution in [1.82, 2.24) is 0 Å². The van der Waals surface area contributed by atoms with Gasteiger partial charge < -0.3 is 9.47 Å². The summed E-state index contributed by atoms with van der Waals surface area (Å²) in [5.74, 6) is 0.670. The summed E-state index contributed by atoms with van der Waals surface area (Å²) in [6, 6.07) is 15.0. The number of benzene rings is 2. The van der Waals surface area contributed by atoms with E-state index in [1.165, 1.54) is 0 Å². The van der Waals surface area contributed by atoms with Gasteiger partial charge in [0.2, 0.25) is 0 Å². The molecule has 0 aliphatic rings. The van der Waals surface area contributed by atoms with Crippen molar-refractivity contribution in [1.29, 1.82) is 0 Å². The first kappa shape index (κ1) is 14.8. The first-order valence-corrected chi connectivity index (χ1v) is 6.75. The number of hydrogen-bond acceptors (Lipinski definition) is 2. The summed E-state index contributed by atoms with van der Waals surface area (Å²) in [5.41, 5.74) is 2.13. The lowest BCUT2D eigenvalue weighted by atomic mass is 10.2. The average Bonchev–Trinajstić information content (AvgIpc) is 2.48. The van der Waals surface area contributed by atoms with Crippen LogP contribution >= 0.6 is 11.6 Å². The van der Waals surface area contributed by atoms with Gasteiger partial charge in [0.1, 0.15) is 19.0 Å². The van der Waals surface area contributed by atoms with Crippen molar-refractivity contribution in [3.8, 4) is 5.75 Å². The third-order valence-electron chi connectivity index (χ3n) is 2.72. The molecule has 0 saturated carbocycles. The van der Waals surface area contributed by atoms with Crippen molar-refractivity contribution < 1.29 is 13.9 Å². The van der Waals surface area contributed by atoms with Crippen LogP contribution < -0.4 is 4.74 Å². The van der Waals surface area contributed by atoms with Crippen molar-refractivity contribution in [2.75, 3.05) is 13.3 Å². The van der Waals surface area contributed by atoms with Gasteiger partial charge in [-0.2, -0.15) is 0 Å². The molecular weight excluding hydrogens is 279 g/mol. The third-order valence-corrected chi connectivity index (χ3v) is 2.97. The quantitative estimate of drug-likeness (QED) is 0.753. The van der Waals surface area contributed by atoms with E-state index in [-0.39, 0.29) is 6.61 Å². The zero-order valence-electron chi connectivity index (χ0n) is 11.0. The van der Waals surface area contributed by atoms with Gasteiger partial charge in [-0.25, -0.2) is 4.39 Å². The van der Waals surface area contributed by atoms with Crippen LogP contribution in [0.1, 0.15) is 11.1 Å². The molecule has 2 aromatic carbocycles. The molecule has 20 heavy (non-hydrogen) atoms. The van der Waals surface area contributed by atoms with Crippen molar-refractivity contribution in [3.05, 3.63) is 64.7 Å². The fraction of sp³-hybridized carbons (Fsp3) is 0.250. The van der Waals surface area contributed by atoms with E-state index < -0.39 is 6.67 Å². The summed E-state index contributed by atoms with van der Waals surface area (Å²) in [5, 5.41) is 0.720. The van der Waals surface area contributed by atoms with Gasteiger partial charge in [-0.3, -0.25) is 0 Å². The molecular formula is C16H16ClFO2. The maximum atomic E-state index is 12.0. The maximum absolute atomic E-state index is 12.0. The molecule has 0 fully saturated rings. The zero-order chi connectivity index (χ0) is 14.2. The molecule has 0 spiro atoms. The molecule has 0 saturated heterocycles. The fourth-order valence-electron chi connectivity index (χ4n) is 1.71. The van der Waals surface area contributed by atoms with Crippen molar-refractivity contribution in [2.24, 2.45) is 0 Å². The van der Waals surface area contributed by atoms with Crippen molar-refractivity contribution >= 4 is 11.6 Å². The summed E-state index contributed by atoms with van der Waals surface area (Å²) < 4.78 is 22.7. The summed E-state index contributed by atoms with van der Waals surface area (Å²) >= 11 is 5.82. The van der Waals surface area contributed by atoms with Crippen LogP contribution in [0.4, 0.5) is 4.39 Å². The van der Waals surface area contributed by atoms with E-state index in [9.17, 15) is 4.39 Å². The second-order valence-corrected chi connectivity index (χ2v) is 4.74. The van der Waals surface area contributed by atoms with Gasteiger partial charge in [0.15, 0.2) is 0 Å². The molecule has 2 nitrogen and oxygen atoms in total. The number of alkyl halides is 1. The number of rotatable bonds is 7. The minimum atomic E-state index is -0.480. The van der Waals surface area contributed by atoms with Crippen LogP contribution in [0.2, 0.25) is 5.02 Å². The Kier molecular flexibility index (Phi) is 5.84. The van der Waals surface area contributed by atoms with Gasteiger partial charge in [-0.1, -0.05) is 35.9 Å². The molecule has 0 aromatic heterocycles. The van der Waals surface area contributed by atoms with Crippen LogP contribution in [0.15, 0.2) is 48.5 Å². The van der Waals surface area contributed by atoms with E-state index in [1.807, 2.05) is 48.5 Å². The molecule has 2 rings (SSSR count). The Morgan fingerprint density at radius 3 is 1.95 bits per heavy atom. The Labute approximate surface area is 123 Å². The summed E-state index contributed by atoms with van der Waals surface area (Å²) in [7, 11) is 0. The minimum absolute atomic E-state index is 0.0897. The first-order valence-electron chi connectivity index (χ1n) is 6.38. The highest BCUT2D eigenvalue weighted by Gasteiger charge is 1.98. The number of ether oxygens (including phenoxy) is 2. The average molecular weight is 295 g/mol. The lowest BCUT2D eigenvalue weighted by Gasteiger charge is -2.07. The highest BCUT2D eigenvalue weighted by atomic mass is 35.5. The second kappa shape index (κ2) is 7.88. The predicted molar refractivity (Wildman–Crippen MR) is 77.9 cm³/mol. The van der Waals surface area contributed by atoms with E-state index >= 15 is 0 Å². The molecule has 0 atom stereocenters. The van der Waals surface area contributed by atoms with E-state index in [0.29, 0.717) is 19.0 Å². The number of hydrogen-bond donors (Lipinski definition) is 0. The topological polar surface area (TPSA) is 18.5 Å². The van der Waals surface area contributed by atoms with E-state index in [1.54, 1.807) is 0 Å². The highest BCUT2D eigenvalue weighted by Crippen LogP contribution is 2.14. The molecule has 2 aromatic rings. The Bertz CT molecular complexity index is 511.